The van der Waals surface area contributed by atoms with Gasteiger partial charge in [0.1, 0.15) is 5.82 Å². The second kappa shape index (κ2) is 12.2. The molecule has 172 valence electrons. The molecule has 1 aliphatic rings. The SMILES string of the molecule is CN=C(NCCc1nc(-c2ccco2)n[nH]1)NC1CCN(Cc2ccc(Cl)cc2)CC1.I. The molecule has 1 fully saturated rings. The molecular weight excluding hydrogens is 541 g/mol. The summed E-state index contributed by atoms with van der Waals surface area (Å²) in [5.74, 6) is 2.87. The Morgan fingerprint density at radius 1 is 1.25 bits per heavy atom. The lowest BCUT2D eigenvalue weighted by molar-refractivity contribution is 0.198. The van der Waals surface area contributed by atoms with Gasteiger partial charge in [0.25, 0.3) is 0 Å². The molecule has 0 bridgehead atoms. The predicted octanol–water partition coefficient (Wildman–Crippen LogP) is 3.71. The summed E-state index contributed by atoms with van der Waals surface area (Å²) in [5.41, 5.74) is 1.30. The van der Waals surface area contributed by atoms with Crippen molar-refractivity contribution in [1.82, 2.24) is 30.7 Å². The second-order valence-electron chi connectivity index (χ2n) is 7.65. The summed E-state index contributed by atoms with van der Waals surface area (Å²) >= 11 is 5.98. The van der Waals surface area contributed by atoms with Crippen LogP contribution in [0.25, 0.3) is 11.6 Å². The van der Waals surface area contributed by atoms with Gasteiger partial charge in [-0.2, -0.15) is 5.10 Å². The molecule has 0 radical (unpaired) electrons. The van der Waals surface area contributed by atoms with Gasteiger partial charge in [0, 0.05) is 50.7 Å². The average Bonchev–Trinajstić information content (AvgIpc) is 3.48. The monoisotopic (exact) mass is 569 g/mol. The number of benzene rings is 1. The molecule has 3 N–H and O–H groups in total. The van der Waals surface area contributed by atoms with Crippen molar-refractivity contribution in [3.63, 3.8) is 0 Å². The fraction of sp³-hybridized carbons (Fsp3) is 0.409. The van der Waals surface area contributed by atoms with E-state index in [9.17, 15) is 0 Å². The summed E-state index contributed by atoms with van der Waals surface area (Å²) in [6.45, 7) is 3.80. The number of nitrogens with zero attached hydrogens (tertiary/aromatic N) is 4. The predicted molar refractivity (Wildman–Crippen MR) is 137 cm³/mol. The van der Waals surface area contributed by atoms with E-state index in [-0.39, 0.29) is 24.0 Å². The van der Waals surface area contributed by atoms with Crippen molar-refractivity contribution in [2.75, 3.05) is 26.7 Å². The highest BCUT2D eigenvalue weighted by atomic mass is 127. The molecule has 0 unspecified atom stereocenters. The van der Waals surface area contributed by atoms with E-state index >= 15 is 0 Å². The summed E-state index contributed by atoms with van der Waals surface area (Å²) in [7, 11) is 1.80. The normalized spacial score (nSPS) is 15.4. The van der Waals surface area contributed by atoms with Gasteiger partial charge in [0.2, 0.25) is 5.82 Å². The minimum Gasteiger partial charge on any atom is -0.461 e. The van der Waals surface area contributed by atoms with Gasteiger partial charge >= 0.3 is 0 Å². The number of guanidine groups is 1. The van der Waals surface area contributed by atoms with Gasteiger partial charge in [-0.05, 0) is 42.7 Å². The van der Waals surface area contributed by atoms with Gasteiger partial charge in [-0.3, -0.25) is 15.0 Å². The number of aromatic nitrogens is 3. The first kappa shape index (κ1) is 24.5. The molecule has 0 spiro atoms. The number of aliphatic imine (C=N–C) groups is 1. The number of hydrogen-bond acceptors (Lipinski definition) is 5. The minimum absolute atomic E-state index is 0. The molecule has 0 saturated carbocycles. The van der Waals surface area contributed by atoms with Crippen molar-refractivity contribution in [3.8, 4) is 11.6 Å². The maximum absolute atomic E-state index is 5.98. The molecule has 0 aliphatic carbocycles. The minimum atomic E-state index is 0. The Morgan fingerprint density at radius 2 is 2.03 bits per heavy atom. The van der Waals surface area contributed by atoms with Gasteiger partial charge in [-0.1, -0.05) is 23.7 Å². The van der Waals surface area contributed by atoms with Crippen LogP contribution in [0.2, 0.25) is 5.02 Å². The molecule has 2 aromatic heterocycles. The molecular formula is C22H29ClIN7O. The lowest BCUT2D eigenvalue weighted by atomic mass is 10.0. The Balaban J connectivity index is 0.00000289. The third-order valence-corrected chi connectivity index (χ3v) is 5.65. The molecule has 10 heteroatoms. The molecule has 3 aromatic rings. The van der Waals surface area contributed by atoms with Crippen LogP contribution in [-0.4, -0.2) is 58.8 Å². The maximum Gasteiger partial charge on any atom is 0.216 e. The summed E-state index contributed by atoms with van der Waals surface area (Å²) < 4.78 is 5.32. The van der Waals surface area contributed by atoms with E-state index in [4.69, 9.17) is 16.0 Å². The van der Waals surface area contributed by atoms with Gasteiger partial charge in [0.15, 0.2) is 11.7 Å². The summed E-state index contributed by atoms with van der Waals surface area (Å²) in [4.78, 5) is 11.3. The van der Waals surface area contributed by atoms with E-state index in [1.807, 2.05) is 24.3 Å². The van der Waals surface area contributed by atoms with E-state index in [0.29, 0.717) is 30.6 Å². The third kappa shape index (κ3) is 6.94. The lowest BCUT2D eigenvalue weighted by Gasteiger charge is -2.33. The number of halogens is 2. The van der Waals surface area contributed by atoms with Crippen LogP contribution in [0, 0.1) is 0 Å². The average molecular weight is 570 g/mol. The Morgan fingerprint density at radius 3 is 2.72 bits per heavy atom. The van der Waals surface area contributed by atoms with Gasteiger partial charge < -0.3 is 15.1 Å². The van der Waals surface area contributed by atoms with Crippen molar-refractivity contribution >= 4 is 41.5 Å². The Bertz CT molecular complexity index is 967. The number of rotatable bonds is 7. The van der Waals surface area contributed by atoms with Crippen molar-refractivity contribution in [1.29, 1.82) is 0 Å². The van der Waals surface area contributed by atoms with Crippen LogP contribution in [0.1, 0.15) is 24.2 Å². The van der Waals surface area contributed by atoms with Crippen LogP contribution in [0.15, 0.2) is 52.1 Å². The van der Waals surface area contributed by atoms with Crippen LogP contribution < -0.4 is 10.6 Å². The zero-order valence-electron chi connectivity index (χ0n) is 18.1. The highest BCUT2D eigenvalue weighted by Crippen LogP contribution is 2.16. The van der Waals surface area contributed by atoms with Crippen molar-refractivity contribution in [2.24, 2.45) is 4.99 Å². The van der Waals surface area contributed by atoms with E-state index in [1.54, 1.807) is 13.3 Å². The number of hydrogen-bond donors (Lipinski definition) is 3. The highest BCUT2D eigenvalue weighted by Gasteiger charge is 2.20. The fourth-order valence-corrected chi connectivity index (χ4v) is 3.82. The largest absolute Gasteiger partial charge is 0.461 e. The molecule has 4 rings (SSSR count). The maximum atomic E-state index is 5.98. The van der Waals surface area contributed by atoms with E-state index in [1.165, 1.54) is 5.56 Å². The number of H-pyrrole nitrogens is 1. The van der Waals surface area contributed by atoms with Gasteiger partial charge in [0.05, 0.1) is 6.26 Å². The van der Waals surface area contributed by atoms with E-state index in [2.05, 4.69) is 47.8 Å². The number of likely N-dealkylation sites (tertiary alicyclic amines) is 1. The van der Waals surface area contributed by atoms with Crippen molar-refractivity contribution in [2.45, 2.75) is 31.8 Å². The molecule has 0 amide bonds. The molecule has 1 aromatic carbocycles. The molecule has 32 heavy (non-hydrogen) atoms. The van der Waals surface area contributed by atoms with Crippen molar-refractivity contribution < 1.29 is 4.42 Å². The highest BCUT2D eigenvalue weighted by molar-refractivity contribution is 14.0. The van der Waals surface area contributed by atoms with Crippen LogP contribution in [0.3, 0.4) is 0 Å². The first-order chi connectivity index (χ1) is 15.2. The van der Waals surface area contributed by atoms with Crippen molar-refractivity contribution in [3.05, 3.63) is 59.1 Å². The fourth-order valence-electron chi connectivity index (χ4n) is 3.69. The quantitative estimate of drug-likeness (QED) is 0.228. The smallest absolute Gasteiger partial charge is 0.216 e. The number of aromatic amines is 1. The molecule has 1 aliphatic heterocycles. The topological polar surface area (TPSA) is 94.4 Å². The van der Waals surface area contributed by atoms with Gasteiger partial charge in [-0.25, -0.2) is 4.98 Å². The number of nitrogens with one attached hydrogen (secondary N) is 3. The Hall–Kier alpha value is -2.11. The number of piperidine rings is 1. The second-order valence-corrected chi connectivity index (χ2v) is 8.09. The standard InChI is InChI=1S/C22H28ClN7O.HI/c1-24-22(25-11-8-20-27-21(29-28-20)19-3-2-14-31-19)26-18-9-12-30(13-10-18)15-16-4-6-17(23)7-5-16;/h2-7,14,18H,8-13,15H2,1H3,(H2,24,25,26)(H,27,28,29);1H. The van der Waals surface area contributed by atoms with E-state index < -0.39 is 0 Å². The third-order valence-electron chi connectivity index (χ3n) is 5.40. The molecule has 0 atom stereocenters. The zero-order chi connectivity index (χ0) is 21.5. The molecule has 8 nitrogen and oxygen atoms in total. The van der Waals surface area contributed by atoms with Crippen LogP contribution in [-0.2, 0) is 13.0 Å². The van der Waals surface area contributed by atoms with E-state index in [0.717, 1.165) is 49.3 Å². The Labute approximate surface area is 210 Å². The molecule has 1 saturated heterocycles. The van der Waals surface area contributed by atoms with Gasteiger partial charge in [-0.15, -0.1) is 24.0 Å². The summed E-state index contributed by atoms with van der Waals surface area (Å²) in [6, 6.07) is 12.2. The first-order valence-electron chi connectivity index (χ1n) is 10.6. The first-order valence-corrected chi connectivity index (χ1v) is 11.0. The Kier molecular flexibility index (Phi) is 9.36. The summed E-state index contributed by atoms with van der Waals surface area (Å²) in [5, 5.41) is 14.9. The van der Waals surface area contributed by atoms with Crippen LogP contribution >= 0.6 is 35.6 Å². The van der Waals surface area contributed by atoms with Crippen LogP contribution in [0.5, 0.6) is 0 Å². The summed E-state index contributed by atoms with van der Waals surface area (Å²) in [6.07, 6.45) is 4.50. The lowest BCUT2D eigenvalue weighted by Crippen LogP contribution is -2.48. The zero-order valence-corrected chi connectivity index (χ0v) is 21.1. The van der Waals surface area contributed by atoms with Crippen LogP contribution in [0.4, 0.5) is 0 Å². The number of furan rings is 1. The molecule has 3 heterocycles.